The number of hydrogen-bond acceptors (Lipinski definition) is 4. The van der Waals surface area contributed by atoms with E-state index in [1.54, 1.807) is 0 Å². The van der Waals surface area contributed by atoms with E-state index in [0.717, 1.165) is 12.1 Å². The molecule has 0 atom stereocenters. The van der Waals surface area contributed by atoms with Crippen molar-refractivity contribution in [2.75, 3.05) is 6.61 Å². The number of rotatable bonds is 5. The van der Waals surface area contributed by atoms with Gasteiger partial charge in [-0.15, -0.1) is 3.89 Å². The zero-order chi connectivity index (χ0) is 12.2. The van der Waals surface area contributed by atoms with Crippen LogP contribution in [-0.4, -0.2) is 26.1 Å². The number of carboxylic acids is 1. The van der Waals surface area contributed by atoms with Crippen LogP contribution in [0.15, 0.2) is 29.2 Å². The summed E-state index contributed by atoms with van der Waals surface area (Å²) in [6.45, 7) is -0.0307. The second-order valence-electron chi connectivity index (χ2n) is 2.90. The van der Waals surface area contributed by atoms with Crippen molar-refractivity contribution in [2.45, 2.75) is 11.3 Å². The smallest absolute Gasteiger partial charge is 0.332 e. The first-order valence-corrected chi connectivity index (χ1v) is 5.67. The number of benzene rings is 1. The van der Waals surface area contributed by atoms with Crippen LogP contribution in [0.1, 0.15) is 6.42 Å². The first kappa shape index (κ1) is 12.4. The highest BCUT2D eigenvalue weighted by atomic mass is 32.3. The summed E-state index contributed by atoms with van der Waals surface area (Å²) < 4.78 is 38.4. The number of ether oxygens (including phenoxy) is 1. The van der Waals surface area contributed by atoms with Crippen molar-refractivity contribution in [1.82, 2.24) is 0 Å². The Bertz CT molecular complexity index is 465. The first-order valence-electron chi connectivity index (χ1n) is 4.29. The number of hydrogen-bond donors (Lipinski definition) is 1. The SMILES string of the molecule is O=C(O)CCOc1ccc(S(=O)(=O)F)cc1. The van der Waals surface area contributed by atoms with Crippen molar-refractivity contribution < 1.29 is 26.9 Å². The summed E-state index contributed by atoms with van der Waals surface area (Å²) >= 11 is 0. The fraction of sp³-hybridized carbons (Fsp3) is 0.222. The van der Waals surface area contributed by atoms with Crippen molar-refractivity contribution in [1.29, 1.82) is 0 Å². The Morgan fingerprint density at radius 3 is 2.31 bits per heavy atom. The van der Waals surface area contributed by atoms with Gasteiger partial charge in [0.25, 0.3) is 0 Å². The predicted molar refractivity (Wildman–Crippen MR) is 52.5 cm³/mol. The van der Waals surface area contributed by atoms with Gasteiger partial charge in [0.05, 0.1) is 17.9 Å². The molecule has 1 N–H and O–H groups in total. The van der Waals surface area contributed by atoms with Crippen molar-refractivity contribution >= 4 is 16.2 Å². The maximum Gasteiger partial charge on any atom is 0.332 e. The number of halogens is 1. The largest absolute Gasteiger partial charge is 0.493 e. The highest BCUT2D eigenvalue weighted by Crippen LogP contribution is 2.17. The van der Waals surface area contributed by atoms with Crippen molar-refractivity contribution in [3.63, 3.8) is 0 Å². The average Bonchev–Trinajstić information content (AvgIpc) is 2.16. The fourth-order valence-corrected chi connectivity index (χ4v) is 1.42. The molecule has 0 amide bonds. The molecular formula is C9H9FO5S. The van der Waals surface area contributed by atoms with Gasteiger partial charge in [0, 0.05) is 0 Å². The average molecular weight is 248 g/mol. The molecule has 0 aliphatic carbocycles. The van der Waals surface area contributed by atoms with Crippen LogP contribution < -0.4 is 4.74 Å². The van der Waals surface area contributed by atoms with Crippen LogP contribution in [0.2, 0.25) is 0 Å². The van der Waals surface area contributed by atoms with Gasteiger partial charge in [-0.3, -0.25) is 4.79 Å². The molecule has 0 aromatic heterocycles. The summed E-state index contributed by atoms with van der Waals surface area (Å²) in [5.74, 6) is -0.711. The summed E-state index contributed by atoms with van der Waals surface area (Å²) in [5, 5.41) is 8.33. The number of carboxylic acid groups (broad SMARTS) is 1. The van der Waals surface area contributed by atoms with Gasteiger partial charge >= 0.3 is 16.2 Å². The Labute approximate surface area is 91.7 Å². The normalized spacial score (nSPS) is 11.1. The third-order valence-electron chi connectivity index (χ3n) is 1.69. The summed E-state index contributed by atoms with van der Waals surface area (Å²) in [6, 6.07) is 4.61. The monoisotopic (exact) mass is 248 g/mol. The van der Waals surface area contributed by atoms with Gasteiger partial charge < -0.3 is 9.84 Å². The van der Waals surface area contributed by atoms with Gasteiger partial charge in [0.2, 0.25) is 0 Å². The van der Waals surface area contributed by atoms with Crippen LogP contribution in [0.5, 0.6) is 5.75 Å². The van der Waals surface area contributed by atoms with Gasteiger partial charge in [0.15, 0.2) is 0 Å². The maximum absolute atomic E-state index is 12.5. The number of carbonyl (C=O) groups is 1. The minimum atomic E-state index is -4.70. The quantitative estimate of drug-likeness (QED) is 0.792. The van der Waals surface area contributed by atoms with Crippen LogP contribution in [0.25, 0.3) is 0 Å². The topological polar surface area (TPSA) is 80.7 Å². The van der Waals surface area contributed by atoms with E-state index >= 15 is 0 Å². The lowest BCUT2D eigenvalue weighted by Crippen LogP contribution is -2.04. The second kappa shape index (κ2) is 4.93. The molecule has 0 aliphatic heterocycles. The van der Waals surface area contributed by atoms with E-state index in [4.69, 9.17) is 9.84 Å². The minimum absolute atomic E-state index is 0.0307. The molecule has 0 aliphatic rings. The Balaban J connectivity index is 2.62. The van der Waals surface area contributed by atoms with E-state index in [1.807, 2.05) is 0 Å². The van der Waals surface area contributed by atoms with Gasteiger partial charge in [0.1, 0.15) is 5.75 Å². The van der Waals surface area contributed by atoms with E-state index in [2.05, 4.69) is 0 Å². The Kier molecular flexibility index (Phi) is 3.83. The highest BCUT2D eigenvalue weighted by molar-refractivity contribution is 7.86. The molecule has 88 valence electrons. The molecule has 1 rings (SSSR count). The van der Waals surface area contributed by atoms with Crippen molar-refractivity contribution in [2.24, 2.45) is 0 Å². The zero-order valence-electron chi connectivity index (χ0n) is 8.09. The Hall–Kier alpha value is -1.63. The number of aliphatic carboxylic acids is 1. The summed E-state index contributed by atoms with van der Waals surface area (Å²) in [4.78, 5) is 9.71. The third kappa shape index (κ3) is 3.85. The van der Waals surface area contributed by atoms with E-state index in [9.17, 15) is 17.1 Å². The highest BCUT2D eigenvalue weighted by Gasteiger charge is 2.11. The van der Waals surface area contributed by atoms with Gasteiger partial charge in [-0.2, -0.15) is 8.42 Å². The van der Waals surface area contributed by atoms with E-state index in [0.29, 0.717) is 0 Å². The standard InChI is InChI=1S/C9H9FO5S/c10-16(13,14)8-3-1-7(2-4-8)15-6-5-9(11)12/h1-4H,5-6H2,(H,11,12). The fourth-order valence-electron chi connectivity index (χ4n) is 0.955. The Morgan fingerprint density at radius 1 is 1.31 bits per heavy atom. The Morgan fingerprint density at radius 2 is 1.88 bits per heavy atom. The van der Waals surface area contributed by atoms with Crippen LogP contribution in [-0.2, 0) is 15.0 Å². The van der Waals surface area contributed by atoms with Crippen LogP contribution >= 0.6 is 0 Å². The van der Waals surface area contributed by atoms with E-state index in [1.165, 1.54) is 12.1 Å². The summed E-state index contributed by atoms with van der Waals surface area (Å²) in [7, 11) is -4.70. The van der Waals surface area contributed by atoms with E-state index < -0.39 is 21.1 Å². The molecule has 0 saturated carbocycles. The summed E-state index contributed by atoms with van der Waals surface area (Å²) in [6.07, 6.45) is -0.164. The van der Waals surface area contributed by atoms with Crippen LogP contribution in [0.4, 0.5) is 3.89 Å². The van der Waals surface area contributed by atoms with Gasteiger partial charge in [-0.25, -0.2) is 0 Å². The molecule has 16 heavy (non-hydrogen) atoms. The second-order valence-corrected chi connectivity index (χ2v) is 4.25. The molecule has 1 aromatic rings. The molecule has 0 unspecified atom stereocenters. The van der Waals surface area contributed by atoms with Crippen molar-refractivity contribution in [3.8, 4) is 5.75 Å². The lowest BCUT2D eigenvalue weighted by atomic mass is 10.3. The first-order chi connectivity index (χ1) is 7.39. The molecule has 0 radical (unpaired) electrons. The van der Waals surface area contributed by atoms with E-state index in [-0.39, 0.29) is 18.8 Å². The molecule has 5 nitrogen and oxygen atoms in total. The summed E-state index contributed by atoms with van der Waals surface area (Å²) in [5.41, 5.74) is 0. The lowest BCUT2D eigenvalue weighted by molar-refractivity contribution is -0.137. The minimum Gasteiger partial charge on any atom is -0.493 e. The molecule has 0 bridgehead atoms. The zero-order valence-corrected chi connectivity index (χ0v) is 8.91. The van der Waals surface area contributed by atoms with Gasteiger partial charge in [-0.1, -0.05) is 0 Å². The lowest BCUT2D eigenvalue weighted by Gasteiger charge is -2.04. The third-order valence-corrected chi connectivity index (χ3v) is 2.53. The molecule has 1 aromatic carbocycles. The molecule has 7 heteroatoms. The van der Waals surface area contributed by atoms with Crippen LogP contribution in [0, 0.1) is 0 Å². The molecule has 0 fully saturated rings. The van der Waals surface area contributed by atoms with Crippen molar-refractivity contribution in [3.05, 3.63) is 24.3 Å². The predicted octanol–water partition coefficient (Wildman–Crippen LogP) is 1.20. The van der Waals surface area contributed by atoms with Gasteiger partial charge in [-0.05, 0) is 24.3 Å². The molecular weight excluding hydrogens is 239 g/mol. The molecule has 0 spiro atoms. The van der Waals surface area contributed by atoms with Crippen LogP contribution in [0.3, 0.4) is 0 Å². The molecule has 0 saturated heterocycles. The molecule has 0 heterocycles. The maximum atomic E-state index is 12.5.